The van der Waals surface area contributed by atoms with Crippen molar-refractivity contribution in [1.82, 2.24) is 10.1 Å². The van der Waals surface area contributed by atoms with E-state index in [2.05, 4.69) is 22.0 Å². The zero-order chi connectivity index (χ0) is 20.4. The molecule has 2 heterocycles. The van der Waals surface area contributed by atoms with Crippen molar-refractivity contribution in [3.8, 4) is 28.6 Å². The summed E-state index contributed by atoms with van der Waals surface area (Å²) in [4.78, 5) is 17.9. The van der Waals surface area contributed by atoms with Gasteiger partial charge in [0.15, 0.2) is 0 Å². The summed E-state index contributed by atoms with van der Waals surface area (Å²) in [5, 5.41) is 15.8. The third-order valence-corrected chi connectivity index (χ3v) is 5.31. The van der Waals surface area contributed by atoms with Crippen molar-refractivity contribution >= 4 is 11.4 Å². The lowest BCUT2D eigenvalue weighted by Gasteiger charge is -2.35. The number of ether oxygens (including phenoxy) is 1. The predicted molar refractivity (Wildman–Crippen MR) is 109 cm³/mol. The molecule has 8 nitrogen and oxygen atoms in total. The van der Waals surface area contributed by atoms with Crippen LogP contribution < -0.4 is 9.64 Å². The monoisotopic (exact) mass is 394 g/mol. The Bertz CT molecular complexity index is 1030. The quantitative estimate of drug-likeness (QED) is 0.457. The molecule has 2 aromatic carbocycles. The van der Waals surface area contributed by atoms with E-state index in [0.717, 1.165) is 25.8 Å². The minimum Gasteiger partial charge on any atom is -0.496 e. The number of hydrogen-bond acceptors (Lipinski definition) is 7. The van der Waals surface area contributed by atoms with Gasteiger partial charge in [-0.15, -0.1) is 0 Å². The lowest BCUT2D eigenvalue weighted by Crippen LogP contribution is -2.37. The highest BCUT2D eigenvalue weighted by atomic mass is 16.6. The number of anilines is 1. The van der Waals surface area contributed by atoms with Crippen LogP contribution in [0.15, 0.2) is 47.0 Å². The van der Waals surface area contributed by atoms with Gasteiger partial charge in [0.25, 0.3) is 11.6 Å². The van der Waals surface area contributed by atoms with E-state index in [1.807, 2.05) is 24.3 Å². The van der Waals surface area contributed by atoms with Gasteiger partial charge in [0.2, 0.25) is 5.82 Å². The van der Waals surface area contributed by atoms with Crippen LogP contribution in [0, 0.1) is 10.1 Å². The fraction of sp³-hybridized carbons (Fsp3) is 0.333. The van der Waals surface area contributed by atoms with Crippen molar-refractivity contribution < 1.29 is 14.2 Å². The van der Waals surface area contributed by atoms with Crippen LogP contribution in [0.4, 0.5) is 11.4 Å². The number of piperidine rings is 1. The molecule has 8 heteroatoms. The Labute approximate surface area is 168 Å². The number of benzene rings is 2. The molecule has 0 saturated carbocycles. The van der Waals surface area contributed by atoms with Gasteiger partial charge >= 0.3 is 0 Å². The average molecular weight is 394 g/mol. The minimum atomic E-state index is -0.350. The molecule has 0 aliphatic carbocycles. The van der Waals surface area contributed by atoms with E-state index in [1.54, 1.807) is 19.2 Å². The first kappa shape index (κ1) is 18.9. The Kier molecular flexibility index (Phi) is 5.16. The standard InChI is InChI=1S/C21H22N4O4/c1-14-7-5-6-12-24(14)17-11-10-15(13-18(17)25(26)27)21-22-20(23-29-21)16-8-3-4-9-19(16)28-2/h3-4,8-11,13-14H,5-7,12H2,1-2H3. The first-order valence-electron chi connectivity index (χ1n) is 9.61. The lowest BCUT2D eigenvalue weighted by atomic mass is 10.0. The number of nitro benzene ring substituents is 1. The Morgan fingerprint density at radius 3 is 2.83 bits per heavy atom. The van der Waals surface area contributed by atoms with Gasteiger partial charge in [-0.2, -0.15) is 4.98 Å². The Hall–Kier alpha value is -3.42. The van der Waals surface area contributed by atoms with Gasteiger partial charge in [-0.05, 0) is 50.5 Å². The average Bonchev–Trinajstić information content (AvgIpc) is 3.24. The Morgan fingerprint density at radius 2 is 2.07 bits per heavy atom. The van der Waals surface area contributed by atoms with Crippen LogP contribution in [-0.4, -0.2) is 34.8 Å². The molecule has 150 valence electrons. The Morgan fingerprint density at radius 1 is 1.24 bits per heavy atom. The molecule has 1 fully saturated rings. The molecule has 0 amide bonds. The number of rotatable bonds is 5. The fourth-order valence-electron chi connectivity index (χ4n) is 3.78. The van der Waals surface area contributed by atoms with Crippen molar-refractivity contribution in [3.63, 3.8) is 0 Å². The molecule has 1 aliphatic heterocycles. The van der Waals surface area contributed by atoms with Gasteiger partial charge in [-0.3, -0.25) is 10.1 Å². The van der Waals surface area contributed by atoms with E-state index in [9.17, 15) is 10.1 Å². The topological polar surface area (TPSA) is 94.5 Å². The third kappa shape index (κ3) is 3.65. The summed E-state index contributed by atoms with van der Waals surface area (Å²) >= 11 is 0. The normalized spacial score (nSPS) is 16.6. The van der Waals surface area contributed by atoms with E-state index >= 15 is 0 Å². The van der Waals surface area contributed by atoms with Crippen LogP contribution in [0.3, 0.4) is 0 Å². The van der Waals surface area contributed by atoms with Gasteiger partial charge in [-0.25, -0.2) is 0 Å². The second-order valence-corrected chi connectivity index (χ2v) is 7.12. The van der Waals surface area contributed by atoms with Crippen molar-refractivity contribution in [3.05, 3.63) is 52.6 Å². The molecule has 1 atom stereocenters. The molecule has 0 bridgehead atoms. The molecular formula is C21H22N4O4. The minimum absolute atomic E-state index is 0.0493. The number of para-hydroxylation sites is 1. The molecule has 1 saturated heterocycles. The number of nitro groups is 1. The first-order valence-corrected chi connectivity index (χ1v) is 9.61. The zero-order valence-corrected chi connectivity index (χ0v) is 16.4. The van der Waals surface area contributed by atoms with E-state index < -0.39 is 0 Å². The molecule has 4 rings (SSSR count). The molecule has 1 aliphatic rings. The molecule has 0 radical (unpaired) electrons. The molecule has 3 aromatic rings. The second kappa shape index (κ2) is 7.90. The van der Waals surface area contributed by atoms with Crippen LogP contribution in [0.5, 0.6) is 5.75 Å². The number of hydrogen-bond donors (Lipinski definition) is 0. The summed E-state index contributed by atoms with van der Waals surface area (Å²) in [5.41, 5.74) is 1.89. The molecule has 1 unspecified atom stereocenters. The maximum absolute atomic E-state index is 11.8. The maximum Gasteiger partial charge on any atom is 0.293 e. The lowest BCUT2D eigenvalue weighted by molar-refractivity contribution is -0.384. The molecule has 29 heavy (non-hydrogen) atoms. The van der Waals surface area contributed by atoms with Crippen molar-refractivity contribution in [2.24, 2.45) is 0 Å². The van der Waals surface area contributed by atoms with Crippen molar-refractivity contribution in [2.45, 2.75) is 32.2 Å². The molecule has 0 spiro atoms. The van der Waals surface area contributed by atoms with Gasteiger partial charge in [0.1, 0.15) is 11.4 Å². The van der Waals surface area contributed by atoms with E-state index in [4.69, 9.17) is 9.26 Å². The van der Waals surface area contributed by atoms with Gasteiger partial charge in [0, 0.05) is 24.2 Å². The van der Waals surface area contributed by atoms with Gasteiger partial charge in [0.05, 0.1) is 17.6 Å². The Balaban J connectivity index is 1.70. The highest BCUT2D eigenvalue weighted by Gasteiger charge is 2.27. The maximum atomic E-state index is 11.8. The highest BCUT2D eigenvalue weighted by Crippen LogP contribution is 2.36. The smallest absolute Gasteiger partial charge is 0.293 e. The summed E-state index contributed by atoms with van der Waals surface area (Å²) in [5.74, 6) is 1.22. The van der Waals surface area contributed by atoms with Crippen molar-refractivity contribution in [2.75, 3.05) is 18.6 Å². The van der Waals surface area contributed by atoms with Crippen molar-refractivity contribution in [1.29, 1.82) is 0 Å². The van der Waals surface area contributed by atoms with E-state index in [1.165, 1.54) is 6.07 Å². The van der Waals surface area contributed by atoms with Crippen LogP contribution in [0.2, 0.25) is 0 Å². The fourth-order valence-corrected chi connectivity index (χ4v) is 3.78. The summed E-state index contributed by atoms with van der Waals surface area (Å²) in [6.45, 7) is 2.92. The summed E-state index contributed by atoms with van der Waals surface area (Å²) < 4.78 is 10.7. The highest BCUT2D eigenvalue weighted by molar-refractivity contribution is 5.72. The SMILES string of the molecule is COc1ccccc1-c1noc(-c2ccc(N3CCCCC3C)c([N+](=O)[O-])c2)n1. The van der Waals surface area contributed by atoms with Crippen LogP contribution >= 0.6 is 0 Å². The van der Waals surface area contributed by atoms with Gasteiger partial charge < -0.3 is 14.2 Å². The van der Waals surface area contributed by atoms with E-state index in [0.29, 0.717) is 28.4 Å². The largest absolute Gasteiger partial charge is 0.496 e. The third-order valence-electron chi connectivity index (χ3n) is 5.31. The number of nitrogens with zero attached hydrogens (tertiary/aromatic N) is 4. The van der Waals surface area contributed by atoms with Gasteiger partial charge in [-0.1, -0.05) is 17.3 Å². The van der Waals surface area contributed by atoms with Crippen LogP contribution in [-0.2, 0) is 0 Å². The molecule has 0 N–H and O–H groups in total. The molecular weight excluding hydrogens is 372 g/mol. The first-order chi connectivity index (χ1) is 14.1. The summed E-state index contributed by atoms with van der Waals surface area (Å²) in [6.07, 6.45) is 3.22. The zero-order valence-electron chi connectivity index (χ0n) is 16.4. The van der Waals surface area contributed by atoms with E-state index in [-0.39, 0.29) is 22.5 Å². The summed E-state index contributed by atoms with van der Waals surface area (Å²) in [7, 11) is 1.57. The number of methoxy groups -OCH3 is 1. The predicted octanol–water partition coefficient (Wildman–Crippen LogP) is 4.70. The number of aromatic nitrogens is 2. The van der Waals surface area contributed by atoms with Crippen LogP contribution in [0.25, 0.3) is 22.8 Å². The second-order valence-electron chi connectivity index (χ2n) is 7.12. The molecule has 1 aromatic heterocycles. The summed E-state index contributed by atoms with van der Waals surface area (Å²) in [6, 6.07) is 12.7. The van der Waals surface area contributed by atoms with Crippen LogP contribution in [0.1, 0.15) is 26.2 Å².